The van der Waals surface area contributed by atoms with E-state index in [2.05, 4.69) is 62.3 Å². The zero-order valence-electron chi connectivity index (χ0n) is 22.4. The molecule has 1 aromatic rings. The summed E-state index contributed by atoms with van der Waals surface area (Å²) in [5.41, 5.74) is 0.822. The van der Waals surface area contributed by atoms with Gasteiger partial charge in [-0.1, -0.05) is 62.3 Å². The molecular formula is C25H50O4Si3. The molecule has 0 bridgehead atoms. The van der Waals surface area contributed by atoms with Crippen molar-refractivity contribution in [1.29, 1.82) is 0 Å². The molecular weight excluding hydrogens is 449 g/mol. The van der Waals surface area contributed by atoms with E-state index < -0.39 is 25.0 Å². The summed E-state index contributed by atoms with van der Waals surface area (Å²) in [7, 11) is -5.85. The number of aliphatic hydroxyl groups excluding tert-OH is 1. The molecule has 0 spiro atoms. The second-order valence-corrected chi connectivity index (χ2v) is 23.2. The van der Waals surface area contributed by atoms with Crippen molar-refractivity contribution in [2.45, 2.75) is 123 Å². The first-order valence-corrected chi connectivity index (χ1v) is 20.7. The van der Waals surface area contributed by atoms with Crippen molar-refractivity contribution in [3.63, 3.8) is 0 Å². The number of rotatable bonds is 16. The molecule has 4 nitrogen and oxygen atoms in total. The second-order valence-electron chi connectivity index (χ2n) is 9.08. The van der Waals surface area contributed by atoms with Gasteiger partial charge in [0.15, 0.2) is 11.5 Å². The summed E-state index contributed by atoms with van der Waals surface area (Å²) >= 11 is 0. The molecule has 0 atom stereocenters. The van der Waals surface area contributed by atoms with Crippen LogP contribution in [0.2, 0.25) is 54.4 Å². The molecule has 0 amide bonds. The Labute approximate surface area is 201 Å². The van der Waals surface area contributed by atoms with Crippen molar-refractivity contribution in [2.75, 3.05) is 0 Å². The Morgan fingerprint density at radius 3 is 1.22 bits per heavy atom. The molecule has 0 saturated heterocycles. The van der Waals surface area contributed by atoms with E-state index in [0.717, 1.165) is 77.2 Å². The van der Waals surface area contributed by atoms with Gasteiger partial charge in [-0.2, -0.15) is 0 Å². The number of hydrogen-bond donors (Lipinski definition) is 1. The van der Waals surface area contributed by atoms with Gasteiger partial charge in [-0.15, -0.1) is 0 Å². The van der Waals surface area contributed by atoms with E-state index in [1.165, 1.54) is 0 Å². The molecule has 0 aliphatic heterocycles. The zero-order valence-corrected chi connectivity index (χ0v) is 25.4. The molecule has 0 fully saturated rings. The molecule has 186 valence electrons. The van der Waals surface area contributed by atoms with Crippen LogP contribution in [0.5, 0.6) is 17.2 Å². The molecule has 0 unspecified atom stereocenters. The van der Waals surface area contributed by atoms with Crippen molar-refractivity contribution >= 4 is 25.0 Å². The second kappa shape index (κ2) is 13.2. The standard InChI is InChI=1S/C25H50O4Si3/c1-10-30(11-2,12-3)27-23-20-19-22(21-26)24(28-31(13-4,14-5)15-6)25(23)29-32(16-7,17-8)18-9/h19-20,26H,10-18,21H2,1-9H3. The molecule has 1 N–H and O–H groups in total. The van der Waals surface area contributed by atoms with E-state index in [4.69, 9.17) is 13.3 Å². The van der Waals surface area contributed by atoms with Gasteiger partial charge in [-0.25, -0.2) is 0 Å². The SMILES string of the molecule is CC[Si](CC)(CC)Oc1ccc(CO)c(O[Si](CC)(CC)CC)c1O[Si](CC)(CC)CC. The van der Waals surface area contributed by atoms with E-state index in [1.54, 1.807) is 0 Å². The quantitative estimate of drug-likeness (QED) is 0.233. The van der Waals surface area contributed by atoms with Crippen LogP contribution < -0.4 is 13.3 Å². The maximum atomic E-state index is 10.2. The molecule has 0 heterocycles. The minimum absolute atomic E-state index is 0.0512. The van der Waals surface area contributed by atoms with Crippen molar-refractivity contribution in [3.05, 3.63) is 17.7 Å². The van der Waals surface area contributed by atoms with Crippen LogP contribution >= 0.6 is 0 Å². The highest BCUT2D eigenvalue weighted by molar-refractivity contribution is 6.75. The molecule has 0 saturated carbocycles. The Bertz CT molecular complexity index is 659. The third-order valence-corrected chi connectivity index (χ3v) is 21.6. The predicted octanol–water partition coefficient (Wildman–Crippen LogP) is 8.33. The summed E-state index contributed by atoms with van der Waals surface area (Å²) in [6.45, 7) is 20.2. The van der Waals surface area contributed by atoms with Crippen molar-refractivity contribution in [1.82, 2.24) is 0 Å². The fourth-order valence-corrected chi connectivity index (χ4v) is 12.3. The fourth-order valence-electron chi connectivity index (χ4n) is 4.56. The summed E-state index contributed by atoms with van der Waals surface area (Å²) < 4.78 is 20.9. The summed E-state index contributed by atoms with van der Waals surface area (Å²) in [6, 6.07) is 13.6. The lowest BCUT2D eigenvalue weighted by molar-refractivity contribution is 0.276. The largest absolute Gasteiger partial charge is 0.541 e. The highest BCUT2D eigenvalue weighted by Crippen LogP contribution is 2.47. The summed E-state index contributed by atoms with van der Waals surface area (Å²) in [5.74, 6) is 2.39. The van der Waals surface area contributed by atoms with Crippen molar-refractivity contribution < 1.29 is 18.4 Å². The van der Waals surface area contributed by atoms with Crippen LogP contribution in [-0.4, -0.2) is 30.1 Å². The summed E-state index contributed by atoms with van der Waals surface area (Å²) in [4.78, 5) is 0. The van der Waals surface area contributed by atoms with E-state index in [1.807, 2.05) is 12.1 Å². The highest BCUT2D eigenvalue weighted by atomic mass is 28.4. The Kier molecular flexibility index (Phi) is 12.1. The van der Waals surface area contributed by atoms with E-state index in [-0.39, 0.29) is 6.61 Å². The molecule has 0 radical (unpaired) electrons. The van der Waals surface area contributed by atoms with Gasteiger partial charge in [0.05, 0.1) is 6.61 Å². The average Bonchev–Trinajstić information content (AvgIpc) is 2.85. The maximum absolute atomic E-state index is 10.2. The van der Waals surface area contributed by atoms with Gasteiger partial charge in [-0.05, 0) is 66.5 Å². The lowest BCUT2D eigenvalue weighted by Crippen LogP contribution is -2.43. The number of aliphatic hydroxyl groups is 1. The summed E-state index contributed by atoms with van der Waals surface area (Å²) in [6.07, 6.45) is 0. The van der Waals surface area contributed by atoms with Crippen LogP contribution in [0.4, 0.5) is 0 Å². The number of benzene rings is 1. The van der Waals surface area contributed by atoms with Crippen molar-refractivity contribution in [2.24, 2.45) is 0 Å². The normalized spacial score (nSPS) is 12.7. The lowest BCUT2D eigenvalue weighted by Gasteiger charge is -2.37. The highest BCUT2D eigenvalue weighted by Gasteiger charge is 2.39. The van der Waals surface area contributed by atoms with Gasteiger partial charge in [0.2, 0.25) is 0 Å². The van der Waals surface area contributed by atoms with E-state index >= 15 is 0 Å². The number of hydrogen-bond acceptors (Lipinski definition) is 4. The molecule has 0 aliphatic carbocycles. The topological polar surface area (TPSA) is 47.9 Å². The van der Waals surface area contributed by atoms with Gasteiger partial charge in [0.1, 0.15) is 5.75 Å². The van der Waals surface area contributed by atoms with Crippen LogP contribution in [0.15, 0.2) is 12.1 Å². The predicted molar refractivity (Wildman–Crippen MR) is 146 cm³/mol. The smallest absolute Gasteiger partial charge is 0.250 e. The Morgan fingerprint density at radius 2 is 0.875 bits per heavy atom. The monoisotopic (exact) mass is 498 g/mol. The molecule has 1 aromatic carbocycles. The van der Waals surface area contributed by atoms with Crippen molar-refractivity contribution in [3.8, 4) is 17.2 Å². The van der Waals surface area contributed by atoms with E-state index in [9.17, 15) is 5.11 Å². The van der Waals surface area contributed by atoms with Crippen LogP contribution in [0.3, 0.4) is 0 Å². The Hall–Kier alpha value is -0.769. The Morgan fingerprint density at radius 1 is 0.531 bits per heavy atom. The first kappa shape index (κ1) is 29.3. The maximum Gasteiger partial charge on any atom is 0.250 e. The molecule has 1 rings (SSSR count). The molecule has 32 heavy (non-hydrogen) atoms. The van der Waals surface area contributed by atoms with Crippen LogP contribution in [0.1, 0.15) is 67.9 Å². The third-order valence-electron chi connectivity index (χ3n) is 8.09. The molecule has 0 aromatic heterocycles. The van der Waals surface area contributed by atoms with Crippen LogP contribution in [-0.2, 0) is 6.61 Å². The van der Waals surface area contributed by atoms with Gasteiger partial charge in [0, 0.05) is 5.56 Å². The lowest BCUT2D eigenvalue weighted by atomic mass is 10.2. The first-order chi connectivity index (χ1) is 15.3. The van der Waals surface area contributed by atoms with Crippen LogP contribution in [0, 0.1) is 0 Å². The minimum Gasteiger partial charge on any atom is -0.541 e. The van der Waals surface area contributed by atoms with Gasteiger partial charge in [-0.3, -0.25) is 0 Å². The van der Waals surface area contributed by atoms with Crippen LogP contribution in [0.25, 0.3) is 0 Å². The minimum atomic E-state index is -1.98. The van der Waals surface area contributed by atoms with Gasteiger partial charge in [0.25, 0.3) is 25.0 Å². The molecule has 7 heteroatoms. The zero-order chi connectivity index (χ0) is 24.4. The Balaban J connectivity index is 3.80. The first-order valence-electron chi connectivity index (χ1n) is 13.1. The van der Waals surface area contributed by atoms with Gasteiger partial charge >= 0.3 is 0 Å². The third kappa shape index (κ3) is 6.42. The van der Waals surface area contributed by atoms with E-state index in [0.29, 0.717) is 0 Å². The van der Waals surface area contributed by atoms with Gasteiger partial charge < -0.3 is 18.4 Å². The average molecular weight is 499 g/mol. The fraction of sp³-hybridized carbons (Fsp3) is 0.760. The molecule has 0 aliphatic rings. The summed E-state index contributed by atoms with van der Waals surface area (Å²) in [5, 5.41) is 10.2.